The lowest BCUT2D eigenvalue weighted by Gasteiger charge is -2.38. The summed E-state index contributed by atoms with van der Waals surface area (Å²) in [7, 11) is 2.14. The van der Waals surface area contributed by atoms with Gasteiger partial charge in [-0.15, -0.1) is 0 Å². The smallest absolute Gasteiger partial charge is 0.0628 e. The molecule has 1 saturated carbocycles. The largest absolute Gasteiger partial charge is 0.394 e. The molecular formula is C13H28N2O. The number of rotatable bonds is 8. The summed E-state index contributed by atoms with van der Waals surface area (Å²) in [6, 6.07) is 0.535. The highest BCUT2D eigenvalue weighted by molar-refractivity contribution is 5.02. The number of aliphatic hydroxyl groups is 1. The molecule has 0 amide bonds. The first kappa shape index (κ1) is 13.9. The summed E-state index contributed by atoms with van der Waals surface area (Å²) >= 11 is 0. The fourth-order valence-electron chi connectivity index (χ4n) is 2.20. The molecule has 1 atom stereocenters. The van der Waals surface area contributed by atoms with Crippen molar-refractivity contribution in [3.05, 3.63) is 0 Å². The third-order valence-corrected chi connectivity index (χ3v) is 3.78. The molecule has 1 aliphatic carbocycles. The van der Waals surface area contributed by atoms with Gasteiger partial charge in [0.05, 0.1) is 12.1 Å². The maximum absolute atomic E-state index is 9.76. The quantitative estimate of drug-likeness (QED) is 0.660. The Bertz CT molecular complexity index is 204. The minimum absolute atomic E-state index is 0.0605. The van der Waals surface area contributed by atoms with Crippen LogP contribution in [0, 0.1) is 5.92 Å². The van der Waals surface area contributed by atoms with Crippen molar-refractivity contribution in [3.8, 4) is 0 Å². The highest BCUT2D eigenvalue weighted by Gasteiger charge is 2.45. The predicted molar refractivity (Wildman–Crippen MR) is 68.6 cm³/mol. The van der Waals surface area contributed by atoms with Crippen molar-refractivity contribution in [2.45, 2.75) is 51.6 Å². The monoisotopic (exact) mass is 228 g/mol. The first-order valence-corrected chi connectivity index (χ1v) is 6.62. The Morgan fingerprint density at radius 3 is 2.44 bits per heavy atom. The average Bonchev–Trinajstić information content (AvgIpc) is 3.08. The molecule has 2 N–H and O–H groups in total. The zero-order chi connectivity index (χ0) is 12.2. The van der Waals surface area contributed by atoms with Crippen molar-refractivity contribution in [2.75, 3.05) is 26.7 Å². The van der Waals surface area contributed by atoms with Crippen LogP contribution in [0.2, 0.25) is 0 Å². The number of nitrogens with one attached hydrogen (secondary N) is 1. The van der Waals surface area contributed by atoms with Crippen LogP contribution < -0.4 is 5.32 Å². The average molecular weight is 228 g/mol. The summed E-state index contributed by atoms with van der Waals surface area (Å²) in [5.74, 6) is 0.672. The third kappa shape index (κ3) is 3.44. The Balaban J connectivity index is 2.60. The minimum atomic E-state index is -0.0605. The van der Waals surface area contributed by atoms with Gasteiger partial charge in [0.15, 0.2) is 0 Å². The van der Waals surface area contributed by atoms with Gasteiger partial charge in [-0.25, -0.2) is 0 Å². The van der Waals surface area contributed by atoms with Crippen molar-refractivity contribution in [1.29, 1.82) is 0 Å². The number of likely N-dealkylation sites (N-methyl/N-ethyl adjacent to an activating group) is 1. The normalized spacial score (nSPS) is 20.4. The fraction of sp³-hybridized carbons (Fsp3) is 1.00. The van der Waals surface area contributed by atoms with Crippen LogP contribution in [0.1, 0.15) is 40.0 Å². The van der Waals surface area contributed by atoms with Gasteiger partial charge in [-0.05, 0) is 52.6 Å². The van der Waals surface area contributed by atoms with Gasteiger partial charge in [-0.2, -0.15) is 0 Å². The molecule has 0 aromatic carbocycles. The van der Waals surface area contributed by atoms with Gasteiger partial charge in [0.25, 0.3) is 0 Å². The predicted octanol–water partition coefficient (Wildman–Crippen LogP) is 1.47. The maximum atomic E-state index is 9.76. The van der Waals surface area contributed by atoms with Gasteiger partial charge in [-0.3, -0.25) is 0 Å². The number of hydrogen-bond acceptors (Lipinski definition) is 3. The van der Waals surface area contributed by atoms with Gasteiger partial charge in [0.2, 0.25) is 0 Å². The molecule has 0 aromatic heterocycles. The van der Waals surface area contributed by atoms with Crippen LogP contribution in [-0.4, -0.2) is 48.3 Å². The Morgan fingerprint density at radius 2 is 2.06 bits per heavy atom. The van der Waals surface area contributed by atoms with Gasteiger partial charge < -0.3 is 15.3 Å². The third-order valence-electron chi connectivity index (χ3n) is 3.78. The van der Waals surface area contributed by atoms with E-state index in [0.29, 0.717) is 12.0 Å². The van der Waals surface area contributed by atoms with E-state index in [4.69, 9.17) is 0 Å². The SMILES string of the molecule is CCCNC(CO)(CN(C)C(C)C)C1CC1. The molecule has 1 rings (SSSR count). The second-order valence-corrected chi connectivity index (χ2v) is 5.52. The molecule has 0 aromatic rings. The second kappa shape index (κ2) is 5.99. The van der Waals surface area contributed by atoms with Crippen molar-refractivity contribution >= 4 is 0 Å². The summed E-state index contributed by atoms with van der Waals surface area (Å²) in [6.07, 6.45) is 3.66. The standard InChI is InChI=1S/C13H28N2O/c1-5-8-14-13(10-16,12-6-7-12)9-15(4)11(2)3/h11-12,14,16H,5-10H2,1-4H3. The lowest BCUT2D eigenvalue weighted by Crippen LogP contribution is -2.58. The Kier molecular flexibility index (Phi) is 5.22. The van der Waals surface area contributed by atoms with Crippen molar-refractivity contribution in [2.24, 2.45) is 5.92 Å². The summed E-state index contributed by atoms with van der Waals surface area (Å²) in [6.45, 7) is 8.79. The Labute approximate surface area is 100 Å². The number of nitrogens with zero attached hydrogens (tertiary/aromatic N) is 1. The molecule has 0 saturated heterocycles. The lowest BCUT2D eigenvalue weighted by molar-refractivity contribution is 0.0899. The Hall–Kier alpha value is -0.120. The highest BCUT2D eigenvalue weighted by atomic mass is 16.3. The number of hydrogen-bond donors (Lipinski definition) is 2. The molecular weight excluding hydrogens is 200 g/mol. The molecule has 0 bridgehead atoms. The van der Waals surface area contributed by atoms with Crippen LogP contribution in [0.3, 0.4) is 0 Å². The van der Waals surface area contributed by atoms with Crippen LogP contribution in [0.4, 0.5) is 0 Å². The maximum Gasteiger partial charge on any atom is 0.0628 e. The van der Waals surface area contributed by atoms with E-state index >= 15 is 0 Å². The first-order chi connectivity index (χ1) is 7.55. The lowest BCUT2D eigenvalue weighted by atomic mass is 9.92. The molecule has 1 unspecified atom stereocenters. The molecule has 0 aliphatic heterocycles. The van der Waals surface area contributed by atoms with Crippen molar-refractivity contribution < 1.29 is 5.11 Å². The zero-order valence-corrected chi connectivity index (χ0v) is 11.3. The van der Waals surface area contributed by atoms with Crippen LogP contribution >= 0.6 is 0 Å². The molecule has 3 heteroatoms. The molecule has 1 aliphatic rings. The van der Waals surface area contributed by atoms with Gasteiger partial charge >= 0.3 is 0 Å². The Morgan fingerprint density at radius 1 is 1.44 bits per heavy atom. The van der Waals surface area contributed by atoms with E-state index in [1.807, 2.05) is 0 Å². The fourth-order valence-corrected chi connectivity index (χ4v) is 2.20. The summed E-state index contributed by atoms with van der Waals surface area (Å²) in [5, 5.41) is 13.3. The van der Waals surface area contributed by atoms with Crippen molar-refractivity contribution in [1.82, 2.24) is 10.2 Å². The molecule has 96 valence electrons. The second-order valence-electron chi connectivity index (χ2n) is 5.52. The number of aliphatic hydroxyl groups excluding tert-OH is 1. The molecule has 0 heterocycles. The van der Waals surface area contributed by atoms with E-state index in [1.165, 1.54) is 12.8 Å². The zero-order valence-electron chi connectivity index (χ0n) is 11.3. The minimum Gasteiger partial charge on any atom is -0.394 e. The van der Waals surface area contributed by atoms with Crippen LogP contribution in [0.25, 0.3) is 0 Å². The molecule has 16 heavy (non-hydrogen) atoms. The summed E-state index contributed by atoms with van der Waals surface area (Å²) in [5.41, 5.74) is -0.0605. The first-order valence-electron chi connectivity index (χ1n) is 6.62. The molecule has 3 nitrogen and oxygen atoms in total. The van der Waals surface area contributed by atoms with E-state index in [9.17, 15) is 5.11 Å². The highest BCUT2D eigenvalue weighted by Crippen LogP contribution is 2.40. The van der Waals surface area contributed by atoms with E-state index in [2.05, 4.69) is 38.0 Å². The summed E-state index contributed by atoms with van der Waals surface area (Å²) < 4.78 is 0. The van der Waals surface area contributed by atoms with E-state index in [-0.39, 0.29) is 12.1 Å². The van der Waals surface area contributed by atoms with Crippen molar-refractivity contribution in [3.63, 3.8) is 0 Å². The van der Waals surface area contributed by atoms with E-state index in [0.717, 1.165) is 19.5 Å². The van der Waals surface area contributed by atoms with Gasteiger partial charge in [0.1, 0.15) is 0 Å². The summed E-state index contributed by atoms with van der Waals surface area (Å²) in [4.78, 5) is 2.33. The van der Waals surface area contributed by atoms with Crippen LogP contribution in [0.15, 0.2) is 0 Å². The van der Waals surface area contributed by atoms with E-state index in [1.54, 1.807) is 0 Å². The molecule has 0 spiro atoms. The van der Waals surface area contributed by atoms with E-state index < -0.39 is 0 Å². The van der Waals surface area contributed by atoms with Crippen LogP contribution in [0.5, 0.6) is 0 Å². The van der Waals surface area contributed by atoms with Gasteiger partial charge in [-0.1, -0.05) is 6.92 Å². The topological polar surface area (TPSA) is 35.5 Å². The van der Waals surface area contributed by atoms with Crippen LogP contribution in [-0.2, 0) is 0 Å². The molecule has 1 fully saturated rings. The van der Waals surface area contributed by atoms with Gasteiger partial charge in [0, 0.05) is 12.6 Å². The molecule has 0 radical (unpaired) electrons.